The van der Waals surface area contributed by atoms with Gasteiger partial charge in [0.2, 0.25) is 5.89 Å². The summed E-state index contributed by atoms with van der Waals surface area (Å²) in [5.41, 5.74) is 1.78. The number of hydrogen-bond donors (Lipinski definition) is 1. The van der Waals surface area contributed by atoms with E-state index in [1.54, 1.807) is 13.0 Å². The molecule has 0 bridgehead atoms. The number of rotatable bonds is 5. The van der Waals surface area contributed by atoms with Crippen molar-refractivity contribution in [1.29, 1.82) is 5.26 Å². The maximum absolute atomic E-state index is 8.79. The summed E-state index contributed by atoms with van der Waals surface area (Å²) < 4.78 is 4.89. The Labute approximate surface area is 105 Å². The van der Waals surface area contributed by atoms with Gasteiger partial charge in [0.15, 0.2) is 5.82 Å². The van der Waals surface area contributed by atoms with Crippen LogP contribution in [0.4, 0.5) is 0 Å². The number of aromatic nitrogens is 2. The van der Waals surface area contributed by atoms with Crippen LogP contribution in [0.2, 0.25) is 0 Å². The first kappa shape index (κ1) is 12.3. The molecule has 1 aromatic carbocycles. The summed E-state index contributed by atoms with van der Waals surface area (Å²) in [7, 11) is 0. The fourth-order valence-electron chi connectivity index (χ4n) is 1.63. The van der Waals surface area contributed by atoms with Gasteiger partial charge in [0.25, 0.3) is 0 Å². The summed E-state index contributed by atoms with van der Waals surface area (Å²) in [4.78, 5) is 4.12. The van der Waals surface area contributed by atoms with E-state index in [4.69, 9.17) is 9.78 Å². The Balaban J connectivity index is 1.77. The van der Waals surface area contributed by atoms with Crippen LogP contribution in [0.15, 0.2) is 28.8 Å². The van der Waals surface area contributed by atoms with E-state index in [1.165, 1.54) is 0 Å². The summed E-state index contributed by atoms with van der Waals surface area (Å²) in [6.07, 6.45) is 0.731. The third-order valence-corrected chi connectivity index (χ3v) is 2.48. The first-order valence-corrected chi connectivity index (χ1v) is 5.77. The molecule has 5 nitrogen and oxygen atoms in total. The normalized spacial score (nSPS) is 10.2. The van der Waals surface area contributed by atoms with Crippen LogP contribution in [0.3, 0.4) is 0 Å². The fraction of sp³-hybridized carbons (Fsp3) is 0.308. The molecule has 0 saturated carbocycles. The zero-order valence-electron chi connectivity index (χ0n) is 10.2. The van der Waals surface area contributed by atoms with E-state index in [2.05, 4.69) is 21.5 Å². The number of aryl methyl sites for hydroxylation is 1. The number of benzene rings is 1. The molecule has 0 atom stereocenters. The molecule has 5 heteroatoms. The minimum atomic E-state index is 0.590. The van der Waals surface area contributed by atoms with Gasteiger partial charge in [0.05, 0.1) is 11.6 Å². The maximum Gasteiger partial charge on any atom is 0.223 e. The van der Waals surface area contributed by atoms with Gasteiger partial charge in [-0.3, -0.25) is 0 Å². The van der Waals surface area contributed by atoms with E-state index in [0.717, 1.165) is 25.1 Å². The number of nitriles is 1. The molecule has 0 aliphatic heterocycles. The van der Waals surface area contributed by atoms with Gasteiger partial charge in [-0.25, -0.2) is 0 Å². The molecule has 1 aromatic heterocycles. The summed E-state index contributed by atoms with van der Waals surface area (Å²) in [6.45, 7) is 3.28. The first-order chi connectivity index (χ1) is 8.78. The Kier molecular flexibility index (Phi) is 4.05. The van der Waals surface area contributed by atoms with Gasteiger partial charge in [-0.05, 0) is 17.7 Å². The minimum absolute atomic E-state index is 0.590. The third-order valence-electron chi connectivity index (χ3n) is 2.48. The minimum Gasteiger partial charge on any atom is -0.340 e. The standard InChI is InChI=1S/C13H14N4O/c1-10-16-13(17-18-10)5-6-15-9-12-4-2-3-11(7-12)8-14/h2-4,7,15H,5-6,9H2,1H3. The predicted molar refractivity (Wildman–Crippen MR) is 65.6 cm³/mol. The lowest BCUT2D eigenvalue weighted by molar-refractivity contribution is 0.387. The summed E-state index contributed by atoms with van der Waals surface area (Å²) in [6, 6.07) is 9.68. The lowest BCUT2D eigenvalue weighted by Crippen LogP contribution is -2.17. The van der Waals surface area contributed by atoms with Crippen molar-refractivity contribution < 1.29 is 4.52 Å². The molecule has 0 fully saturated rings. The lowest BCUT2D eigenvalue weighted by atomic mass is 10.1. The second kappa shape index (κ2) is 5.94. The van der Waals surface area contributed by atoms with Crippen LogP contribution in [-0.4, -0.2) is 16.7 Å². The molecule has 0 radical (unpaired) electrons. The maximum atomic E-state index is 8.79. The summed E-state index contributed by atoms with van der Waals surface area (Å²) in [5.74, 6) is 1.30. The second-order valence-electron chi connectivity index (χ2n) is 3.97. The number of nitrogens with zero attached hydrogens (tertiary/aromatic N) is 3. The molecular formula is C13H14N4O. The predicted octanol–water partition coefficient (Wildman–Crippen LogP) is 1.58. The zero-order valence-corrected chi connectivity index (χ0v) is 10.2. The van der Waals surface area contributed by atoms with Crippen LogP contribution in [0.25, 0.3) is 0 Å². The van der Waals surface area contributed by atoms with Crippen LogP contribution in [0.1, 0.15) is 22.8 Å². The van der Waals surface area contributed by atoms with Crippen molar-refractivity contribution >= 4 is 0 Å². The second-order valence-corrected chi connectivity index (χ2v) is 3.97. The highest BCUT2D eigenvalue weighted by Gasteiger charge is 2.01. The Morgan fingerprint density at radius 3 is 3.06 bits per heavy atom. The zero-order chi connectivity index (χ0) is 12.8. The van der Waals surface area contributed by atoms with Crippen molar-refractivity contribution in [2.75, 3.05) is 6.54 Å². The molecular weight excluding hydrogens is 228 g/mol. The molecule has 0 aliphatic rings. The quantitative estimate of drug-likeness (QED) is 0.806. The molecule has 0 saturated heterocycles. The molecule has 2 rings (SSSR count). The third kappa shape index (κ3) is 3.40. The Morgan fingerprint density at radius 2 is 2.33 bits per heavy atom. The van der Waals surface area contributed by atoms with Gasteiger partial charge < -0.3 is 9.84 Å². The lowest BCUT2D eigenvalue weighted by Gasteiger charge is -2.03. The summed E-state index contributed by atoms with van der Waals surface area (Å²) in [5, 5.41) is 15.9. The van der Waals surface area contributed by atoms with Gasteiger partial charge in [0.1, 0.15) is 0 Å². The SMILES string of the molecule is Cc1nc(CCNCc2cccc(C#N)c2)no1. The van der Waals surface area contributed by atoms with E-state index in [-0.39, 0.29) is 0 Å². The van der Waals surface area contributed by atoms with E-state index in [9.17, 15) is 0 Å². The molecule has 0 unspecified atom stereocenters. The molecule has 0 spiro atoms. The number of hydrogen-bond acceptors (Lipinski definition) is 5. The summed E-state index contributed by atoms with van der Waals surface area (Å²) >= 11 is 0. The smallest absolute Gasteiger partial charge is 0.223 e. The van der Waals surface area contributed by atoms with Crippen molar-refractivity contribution in [3.05, 3.63) is 47.1 Å². The van der Waals surface area contributed by atoms with E-state index < -0.39 is 0 Å². The van der Waals surface area contributed by atoms with Crippen LogP contribution in [0.5, 0.6) is 0 Å². The average molecular weight is 242 g/mol. The van der Waals surface area contributed by atoms with Gasteiger partial charge >= 0.3 is 0 Å². The number of nitrogens with one attached hydrogen (secondary N) is 1. The molecule has 0 amide bonds. The molecule has 92 valence electrons. The fourth-order valence-corrected chi connectivity index (χ4v) is 1.63. The van der Waals surface area contributed by atoms with Crippen molar-refractivity contribution in [2.45, 2.75) is 19.9 Å². The van der Waals surface area contributed by atoms with Crippen LogP contribution in [-0.2, 0) is 13.0 Å². The highest BCUT2D eigenvalue weighted by molar-refractivity contribution is 5.32. The topological polar surface area (TPSA) is 74.7 Å². The average Bonchev–Trinajstić information content (AvgIpc) is 2.81. The largest absolute Gasteiger partial charge is 0.340 e. The Hall–Kier alpha value is -2.19. The molecule has 1 N–H and O–H groups in total. The molecule has 2 aromatic rings. The monoisotopic (exact) mass is 242 g/mol. The first-order valence-electron chi connectivity index (χ1n) is 5.77. The van der Waals surface area contributed by atoms with Crippen LogP contribution in [0, 0.1) is 18.3 Å². The van der Waals surface area contributed by atoms with Gasteiger partial charge in [-0.15, -0.1) is 0 Å². The van der Waals surface area contributed by atoms with E-state index in [0.29, 0.717) is 17.3 Å². The Bertz CT molecular complexity index is 556. The van der Waals surface area contributed by atoms with Gasteiger partial charge in [0, 0.05) is 26.4 Å². The van der Waals surface area contributed by atoms with E-state index >= 15 is 0 Å². The van der Waals surface area contributed by atoms with Crippen LogP contribution < -0.4 is 5.32 Å². The van der Waals surface area contributed by atoms with Crippen molar-refractivity contribution in [2.24, 2.45) is 0 Å². The van der Waals surface area contributed by atoms with Crippen molar-refractivity contribution in [1.82, 2.24) is 15.5 Å². The molecule has 1 heterocycles. The highest BCUT2D eigenvalue weighted by Crippen LogP contribution is 2.03. The van der Waals surface area contributed by atoms with E-state index in [1.807, 2.05) is 18.2 Å². The molecule has 18 heavy (non-hydrogen) atoms. The van der Waals surface area contributed by atoms with Gasteiger partial charge in [-0.2, -0.15) is 10.2 Å². The van der Waals surface area contributed by atoms with Crippen molar-refractivity contribution in [3.8, 4) is 6.07 Å². The molecule has 0 aliphatic carbocycles. The Morgan fingerprint density at radius 1 is 1.44 bits per heavy atom. The van der Waals surface area contributed by atoms with Crippen LogP contribution >= 0.6 is 0 Å². The van der Waals surface area contributed by atoms with Gasteiger partial charge in [-0.1, -0.05) is 17.3 Å². The highest BCUT2D eigenvalue weighted by atomic mass is 16.5. The van der Waals surface area contributed by atoms with Crippen molar-refractivity contribution in [3.63, 3.8) is 0 Å².